The lowest BCUT2D eigenvalue weighted by atomic mass is 10.1. The number of morpholine rings is 1. The molecule has 0 bridgehead atoms. The second-order valence-corrected chi connectivity index (χ2v) is 3.66. The summed E-state index contributed by atoms with van der Waals surface area (Å²) in [5.41, 5.74) is -0.191. The number of halogens is 3. The summed E-state index contributed by atoms with van der Waals surface area (Å²) in [6.45, 7) is 1.49. The first-order valence-corrected chi connectivity index (χ1v) is 5.11. The zero-order valence-electron chi connectivity index (χ0n) is 8.88. The van der Waals surface area contributed by atoms with Crippen molar-refractivity contribution in [1.29, 1.82) is 0 Å². The molecule has 1 aliphatic rings. The number of nitrogens with zero attached hydrogens (tertiary/aromatic N) is 1. The zero-order valence-corrected chi connectivity index (χ0v) is 8.88. The Kier molecular flexibility index (Phi) is 3.33. The van der Waals surface area contributed by atoms with Crippen LogP contribution in [0.25, 0.3) is 0 Å². The van der Waals surface area contributed by atoms with E-state index in [0.717, 1.165) is 0 Å². The lowest BCUT2D eigenvalue weighted by molar-refractivity contribution is 0.0302. The predicted molar refractivity (Wildman–Crippen MR) is 53.0 cm³/mol. The second-order valence-electron chi connectivity index (χ2n) is 3.66. The molecule has 1 amide bonds. The molecule has 0 spiro atoms. The summed E-state index contributed by atoms with van der Waals surface area (Å²) in [4.78, 5) is 13.2. The van der Waals surface area contributed by atoms with Gasteiger partial charge in [-0.25, -0.2) is 13.2 Å². The minimum Gasteiger partial charge on any atom is -0.378 e. The molecule has 1 heterocycles. The van der Waals surface area contributed by atoms with Gasteiger partial charge in [0.25, 0.3) is 5.91 Å². The summed E-state index contributed by atoms with van der Waals surface area (Å²) >= 11 is 0. The van der Waals surface area contributed by atoms with Gasteiger partial charge in [-0.3, -0.25) is 4.79 Å². The fourth-order valence-electron chi connectivity index (χ4n) is 1.63. The van der Waals surface area contributed by atoms with Crippen molar-refractivity contribution in [3.8, 4) is 0 Å². The van der Waals surface area contributed by atoms with Crippen LogP contribution in [0.5, 0.6) is 0 Å². The van der Waals surface area contributed by atoms with Gasteiger partial charge >= 0.3 is 0 Å². The van der Waals surface area contributed by atoms with E-state index in [0.29, 0.717) is 38.4 Å². The first-order valence-electron chi connectivity index (χ1n) is 5.11. The third-order valence-electron chi connectivity index (χ3n) is 2.53. The molecule has 0 N–H and O–H groups in total. The highest BCUT2D eigenvalue weighted by Crippen LogP contribution is 2.15. The summed E-state index contributed by atoms with van der Waals surface area (Å²) in [5, 5.41) is 0. The third kappa shape index (κ3) is 2.41. The lowest BCUT2D eigenvalue weighted by Crippen LogP contribution is -2.40. The summed E-state index contributed by atoms with van der Waals surface area (Å²) in [6, 6.07) is 1.41. The molecule has 2 rings (SSSR count). The summed E-state index contributed by atoms with van der Waals surface area (Å²) in [7, 11) is 0. The van der Waals surface area contributed by atoms with Gasteiger partial charge < -0.3 is 9.64 Å². The van der Waals surface area contributed by atoms with Crippen LogP contribution in [0, 0.1) is 17.5 Å². The van der Waals surface area contributed by atoms with Gasteiger partial charge in [-0.1, -0.05) is 0 Å². The van der Waals surface area contributed by atoms with Crippen LogP contribution in [0.2, 0.25) is 0 Å². The highest BCUT2D eigenvalue weighted by molar-refractivity contribution is 5.94. The second kappa shape index (κ2) is 4.75. The molecule has 6 heteroatoms. The van der Waals surface area contributed by atoms with Crippen LogP contribution in [-0.2, 0) is 4.74 Å². The van der Waals surface area contributed by atoms with E-state index in [9.17, 15) is 18.0 Å². The average Bonchev–Trinajstić information content (AvgIpc) is 2.35. The number of ether oxygens (including phenoxy) is 1. The summed E-state index contributed by atoms with van der Waals surface area (Å²) < 4.78 is 43.7. The standard InChI is InChI=1S/C11H10F3NO2/c12-8-5-7(6-9(13)10(8)14)11(16)15-1-3-17-4-2-15/h5-6H,1-4H2. The summed E-state index contributed by atoms with van der Waals surface area (Å²) in [5.74, 6) is -4.81. The van der Waals surface area contributed by atoms with Gasteiger partial charge in [-0.15, -0.1) is 0 Å². The Morgan fingerprint density at radius 3 is 2.18 bits per heavy atom. The largest absolute Gasteiger partial charge is 0.378 e. The van der Waals surface area contributed by atoms with E-state index in [-0.39, 0.29) is 5.56 Å². The van der Waals surface area contributed by atoms with Crippen molar-refractivity contribution in [1.82, 2.24) is 4.90 Å². The molecule has 0 aliphatic carbocycles. The maximum absolute atomic E-state index is 13.0. The first kappa shape index (κ1) is 11.9. The fraction of sp³-hybridized carbons (Fsp3) is 0.364. The topological polar surface area (TPSA) is 29.5 Å². The predicted octanol–water partition coefficient (Wildman–Crippen LogP) is 1.58. The van der Waals surface area contributed by atoms with Gasteiger partial charge in [-0.05, 0) is 12.1 Å². The molecule has 0 saturated carbocycles. The number of hydrogen-bond donors (Lipinski definition) is 0. The number of benzene rings is 1. The number of amides is 1. The van der Waals surface area contributed by atoms with Gasteiger partial charge in [-0.2, -0.15) is 0 Å². The van der Waals surface area contributed by atoms with E-state index >= 15 is 0 Å². The Bertz CT molecular complexity index is 421. The molecule has 1 aliphatic heterocycles. The smallest absolute Gasteiger partial charge is 0.254 e. The van der Waals surface area contributed by atoms with Crippen LogP contribution in [0.15, 0.2) is 12.1 Å². The van der Waals surface area contributed by atoms with Crippen molar-refractivity contribution in [2.75, 3.05) is 26.3 Å². The quantitative estimate of drug-likeness (QED) is 0.703. The highest BCUT2D eigenvalue weighted by atomic mass is 19.2. The van der Waals surface area contributed by atoms with E-state index in [4.69, 9.17) is 4.74 Å². The molecule has 1 aromatic rings. The Labute approximate surface area is 95.8 Å². The molecular weight excluding hydrogens is 235 g/mol. The van der Waals surface area contributed by atoms with Crippen LogP contribution in [0.1, 0.15) is 10.4 Å². The third-order valence-corrected chi connectivity index (χ3v) is 2.53. The Hall–Kier alpha value is -1.56. The Morgan fingerprint density at radius 1 is 1.12 bits per heavy atom. The Balaban J connectivity index is 2.24. The molecule has 1 aromatic carbocycles. The van der Waals surface area contributed by atoms with Crippen LogP contribution >= 0.6 is 0 Å². The van der Waals surface area contributed by atoms with E-state index in [2.05, 4.69) is 0 Å². The average molecular weight is 245 g/mol. The lowest BCUT2D eigenvalue weighted by Gasteiger charge is -2.26. The van der Waals surface area contributed by atoms with Crippen molar-refractivity contribution in [3.05, 3.63) is 35.1 Å². The zero-order chi connectivity index (χ0) is 12.4. The van der Waals surface area contributed by atoms with Crippen LogP contribution < -0.4 is 0 Å². The molecular formula is C11H10F3NO2. The number of carbonyl (C=O) groups excluding carboxylic acids is 1. The van der Waals surface area contributed by atoms with Gasteiger partial charge in [0.15, 0.2) is 17.5 Å². The summed E-state index contributed by atoms with van der Waals surface area (Å²) in [6.07, 6.45) is 0. The molecule has 1 fully saturated rings. The molecule has 0 unspecified atom stereocenters. The monoisotopic (exact) mass is 245 g/mol. The molecule has 0 radical (unpaired) electrons. The van der Waals surface area contributed by atoms with Crippen molar-refractivity contribution in [3.63, 3.8) is 0 Å². The SMILES string of the molecule is O=C(c1cc(F)c(F)c(F)c1)N1CCOCC1. The number of hydrogen-bond acceptors (Lipinski definition) is 2. The van der Waals surface area contributed by atoms with Gasteiger partial charge in [0.1, 0.15) is 0 Å². The number of rotatable bonds is 1. The first-order chi connectivity index (χ1) is 8.09. The van der Waals surface area contributed by atoms with Gasteiger partial charge in [0.05, 0.1) is 13.2 Å². The molecule has 0 aromatic heterocycles. The van der Waals surface area contributed by atoms with E-state index in [1.54, 1.807) is 0 Å². The minimum absolute atomic E-state index is 0.191. The molecule has 0 atom stereocenters. The minimum atomic E-state index is -1.57. The van der Waals surface area contributed by atoms with Crippen molar-refractivity contribution in [2.24, 2.45) is 0 Å². The van der Waals surface area contributed by atoms with Gasteiger partial charge in [0.2, 0.25) is 0 Å². The van der Waals surface area contributed by atoms with Crippen LogP contribution in [0.4, 0.5) is 13.2 Å². The van der Waals surface area contributed by atoms with Crippen molar-refractivity contribution < 1.29 is 22.7 Å². The van der Waals surface area contributed by atoms with Crippen LogP contribution in [-0.4, -0.2) is 37.1 Å². The van der Waals surface area contributed by atoms with Crippen molar-refractivity contribution >= 4 is 5.91 Å². The number of carbonyl (C=O) groups is 1. The van der Waals surface area contributed by atoms with Crippen molar-refractivity contribution in [2.45, 2.75) is 0 Å². The van der Waals surface area contributed by atoms with E-state index < -0.39 is 23.4 Å². The molecule has 92 valence electrons. The maximum Gasteiger partial charge on any atom is 0.254 e. The van der Waals surface area contributed by atoms with Gasteiger partial charge in [0, 0.05) is 18.7 Å². The molecule has 3 nitrogen and oxygen atoms in total. The Morgan fingerprint density at radius 2 is 1.65 bits per heavy atom. The molecule has 1 saturated heterocycles. The fourth-order valence-corrected chi connectivity index (χ4v) is 1.63. The van der Waals surface area contributed by atoms with E-state index in [1.807, 2.05) is 0 Å². The highest BCUT2D eigenvalue weighted by Gasteiger charge is 2.21. The van der Waals surface area contributed by atoms with E-state index in [1.165, 1.54) is 4.90 Å². The maximum atomic E-state index is 13.0. The van der Waals surface area contributed by atoms with Crippen LogP contribution in [0.3, 0.4) is 0 Å². The normalized spacial score (nSPS) is 16.1. The molecule has 17 heavy (non-hydrogen) atoms.